The van der Waals surface area contributed by atoms with E-state index in [1.54, 1.807) is 11.4 Å². The molecule has 8 heteroatoms. The summed E-state index contributed by atoms with van der Waals surface area (Å²) in [5, 5.41) is 15.8. The molecule has 1 N–H and O–H groups in total. The number of nitrogens with zero attached hydrogens (tertiary/aromatic N) is 2. The molecule has 1 amide bonds. The van der Waals surface area contributed by atoms with Gasteiger partial charge in [0.25, 0.3) is 11.6 Å². The van der Waals surface area contributed by atoms with Crippen LogP contribution in [-0.4, -0.2) is 22.1 Å². The second-order valence-electron chi connectivity index (χ2n) is 3.89. The van der Waals surface area contributed by atoms with Crippen LogP contribution < -0.4 is 5.32 Å². The Kier molecular flexibility index (Phi) is 4.35. The number of anilines is 1. The first-order valence-electron chi connectivity index (χ1n) is 5.57. The third-order valence-electron chi connectivity index (χ3n) is 2.48. The Morgan fingerprint density at radius 2 is 2.25 bits per heavy atom. The lowest BCUT2D eigenvalue weighted by Gasteiger charge is -2.05. The summed E-state index contributed by atoms with van der Waals surface area (Å²) in [6.45, 7) is 1.81. The Balaban J connectivity index is 2.34. The number of hydrogen-bond acceptors (Lipinski definition) is 6. The standard InChI is InChI=1S/C12H11N3O3S2/c1-7-6-20-12(13-7)14-11(16)9-5-8(19-2)3-4-10(9)15(17)18/h3-6H,1-2H3,(H,13,14,16). The predicted octanol–water partition coefficient (Wildman–Crippen LogP) is 3.33. The van der Waals surface area contributed by atoms with Gasteiger partial charge in [0.05, 0.1) is 10.6 Å². The van der Waals surface area contributed by atoms with Crippen molar-refractivity contribution in [2.24, 2.45) is 0 Å². The first-order chi connectivity index (χ1) is 9.51. The van der Waals surface area contributed by atoms with Gasteiger partial charge in [-0.1, -0.05) is 0 Å². The summed E-state index contributed by atoms with van der Waals surface area (Å²) in [5.74, 6) is -0.526. The Morgan fingerprint density at radius 1 is 1.50 bits per heavy atom. The van der Waals surface area contributed by atoms with Crippen LogP contribution in [0.1, 0.15) is 16.1 Å². The average Bonchev–Trinajstić information content (AvgIpc) is 2.83. The van der Waals surface area contributed by atoms with Crippen LogP contribution >= 0.6 is 23.1 Å². The molecular formula is C12H11N3O3S2. The van der Waals surface area contributed by atoms with E-state index < -0.39 is 10.8 Å². The van der Waals surface area contributed by atoms with E-state index in [4.69, 9.17) is 0 Å². The van der Waals surface area contributed by atoms with Crippen LogP contribution in [0.5, 0.6) is 0 Å². The summed E-state index contributed by atoms with van der Waals surface area (Å²) in [6.07, 6.45) is 1.84. The van der Waals surface area contributed by atoms with E-state index in [1.165, 1.54) is 35.2 Å². The molecule has 0 aliphatic heterocycles. The van der Waals surface area contributed by atoms with Crippen molar-refractivity contribution in [2.45, 2.75) is 11.8 Å². The van der Waals surface area contributed by atoms with E-state index in [9.17, 15) is 14.9 Å². The van der Waals surface area contributed by atoms with Gasteiger partial charge in [-0.05, 0) is 25.3 Å². The number of carbonyl (C=O) groups is 1. The van der Waals surface area contributed by atoms with Crippen molar-refractivity contribution < 1.29 is 9.72 Å². The van der Waals surface area contributed by atoms with Gasteiger partial charge >= 0.3 is 0 Å². The molecular weight excluding hydrogens is 298 g/mol. The van der Waals surface area contributed by atoms with Crippen molar-refractivity contribution in [3.8, 4) is 0 Å². The van der Waals surface area contributed by atoms with Crippen LogP contribution in [-0.2, 0) is 0 Å². The van der Waals surface area contributed by atoms with E-state index in [2.05, 4.69) is 10.3 Å². The van der Waals surface area contributed by atoms with Crippen LogP contribution in [0.4, 0.5) is 10.8 Å². The number of benzene rings is 1. The highest BCUT2D eigenvalue weighted by molar-refractivity contribution is 7.98. The molecule has 0 unspecified atom stereocenters. The lowest BCUT2D eigenvalue weighted by Crippen LogP contribution is -2.14. The molecule has 2 rings (SSSR count). The minimum Gasteiger partial charge on any atom is -0.298 e. The third-order valence-corrected chi connectivity index (χ3v) is 4.09. The van der Waals surface area contributed by atoms with Crippen molar-refractivity contribution in [3.63, 3.8) is 0 Å². The second-order valence-corrected chi connectivity index (χ2v) is 5.63. The number of aromatic nitrogens is 1. The van der Waals surface area contributed by atoms with Crippen molar-refractivity contribution >= 4 is 39.8 Å². The van der Waals surface area contributed by atoms with E-state index in [1.807, 2.05) is 13.2 Å². The van der Waals surface area contributed by atoms with E-state index in [0.717, 1.165) is 10.6 Å². The number of nitrogens with one attached hydrogen (secondary N) is 1. The summed E-state index contributed by atoms with van der Waals surface area (Å²) < 4.78 is 0. The Hall–Kier alpha value is -1.93. The molecule has 0 bridgehead atoms. The molecule has 2 aromatic rings. The number of thioether (sulfide) groups is 1. The molecule has 1 aromatic heterocycles. The summed E-state index contributed by atoms with van der Waals surface area (Å²) >= 11 is 2.69. The zero-order valence-electron chi connectivity index (χ0n) is 10.7. The van der Waals surface area contributed by atoms with Gasteiger partial charge in [0.15, 0.2) is 5.13 Å². The minimum absolute atomic E-state index is 0.0368. The molecule has 0 aliphatic carbocycles. The fourth-order valence-corrected chi connectivity index (χ4v) is 2.68. The quantitative estimate of drug-likeness (QED) is 0.532. The molecule has 0 atom stereocenters. The maximum atomic E-state index is 12.2. The van der Waals surface area contributed by atoms with Crippen molar-refractivity contribution in [1.82, 2.24) is 4.98 Å². The highest BCUT2D eigenvalue weighted by atomic mass is 32.2. The van der Waals surface area contributed by atoms with Crippen LogP contribution in [0.3, 0.4) is 0 Å². The fraction of sp³-hybridized carbons (Fsp3) is 0.167. The first-order valence-corrected chi connectivity index (χ1v) is 7.67. The zero-order chi connectivity index (χ0) is 14.7. The molecule has 0 fully saturated rings. The van der Waals surface area contributed by atoms with Crippen LogP contribution in [0.15, 0.2) is 28.5 Å². The molecule has 0 saturated heterocycles. The zero-order valence-corrected chi connectivity index (χ0v) is 12.4. The summed E-state index contributed by atoms with van der Waals surface area (Å²) in [7, 11) is 0. The predicted molar refractivity (Wildman–Crippen MR) is 79.7 cm³/mol. The molecule has 104 valence electrons. The molecule has 0 saturated carbocycles. The lowest BCUT2D eigenvalue weighted by atomic mass is 10.1. The number of nitro benzene ring substituents is 1. The molecule has 0 aliphatic rings. The number of aryl methyl sites for hydroxylation is 1. The first kappa shape index (κ1) is 14.5. The smallest absolute Gasteiger partial charge is 0.282 e. The Bertz CT molecular complexity index is 670. The van der Waals surface area contributed by atoms with Gasteiger partial charge in [0.2, 0.25) is 0 Å². The van der Waals surface area contributed by atoms with Gasteiger partial charge < -0.3 is 0 Å². The SMILES string of the molecule is CSc1ccc([N+](=O)[O-])c(C(=O)Nc2nc(C)cs2)c1. The topological polar surface area (TPSA) is 85.1 Å². The summed E-state index contributed by atoms with van der Waals surface area (Å²) in [6, 6.07) is 4.47. The molecule has 1 aromatic carbocycles. The number of thiazole rings is 1. The van der Waals surface area contributed by atoms with Crippen molar-refractivity contribution in [3.05, 3.63) is 45.0 Å². The van der Waals surface area contributed by atoms with Gasteiger partial charge in [-0.15, -0.1) is 23.1 Å². The van der Waals surface area contributed by atoms with E-state index in [-0.39, 0.29) is 11.3 Å². The molecule has 1 heterocycles. The van der Waals surface area contributed by atoms with Gasteiger partial charge in [-0.25, -0.2) is 4.98 Å². The van der Waals surface area contributed by atoms with Crippen LogP contribution in [0.2, 0.25) is 0 Å². The Morgan fingerprint density at radius 3 is 2.80 bits per heavy atom. The largest absolute Gasteiger partial charge is 0.298 e. The maximum absolute atomic E-state index is 12.2. The molecule has 0 spiro atoms. The Labute approximate surface area is 123 Å². The lowest BCUT2D eigenvalue weighted by molar-refractivity contribution is -0.385. The summed E-state index contributed by atoms with van der Waals surface area (Å²) in [5.41, 5.74) is 0.612. The molecule has 20 heavy (non-hydrogen) atoms. The highest BCUT2D eigenvalue weighted by Crippen LogP contribution is 2.26. The number of amides is 1. The second kappa shape index (κ2) is 6.02. The van der Waals surface area contributed by atoms with E-state index in [0.29, 0.717) is 5.13 Å². The van der Waals surface area contributed by atoms with Crippen LogP contribution in [0, 0.1) is 17.0 Å². The van der Waals surface area contributed by atoms with Gasteiger partial charge in [0.1, 0.15) is 5.56 Å². The van der Waals surface area contributed by atoms with Gasteiger partial charge in [-0.3, -0.25) is 20.2 Å². The van der Waals surface area contributed by atoms with Gasteiger partial charge in [-0.2, -0.15) is 0 Å². The van der Waals surface area contributed by atoms with E-state index >= 15 is 0 Å². The average molecular weight is 309 g/mol. The molecule has 0 radical (unpaired) electrons. The van der Waals surface area contributed by atoms with Crippen molar-refractivity contribution in [1.29, 1.82) is 0 Å². The van der Waals surface area contributed by atoms with Crippen molar-refractivity contribution in [2.75, 3.05) is 11.6 Å². The minimum atomic E-state index is -0.563. The fourth-order valence-electron chi connectivity index (χ4n) is 1.56. The number of nitro groups is 1. The monoisotopic (exact) mass is 309 g/mol. The number of rotatable bonds is 4. The highest BCUT2D eigenvalue weighted by Gasteiger charge is 2.21. The van der Waals surface area contributed by atoms with Crippen LogP contribution in [0.25, 0.3) is 0 Å². The maximum Gasteiger partial charge on any atom is 0.282 e. The third kappa shape index (κ3) is 3.14. The number of carbonyl (C=O) groups excluding carboxylic acids is 1. The number of hydrogen-bond donors (Lipinski definition) is 1. The normalized spacial score (nSPS) is 10.3. The molecule has 6 nitrogen and oxygen atoms in total. The van der Waals surface area contributed by atoms with Gasteiger partial charge in [0, 0.05) is 16.3 Å². The summed E-state index contributed by atoms with van der Waals surface area (Å²) in [4.78, 5) is 27.5.